The van der Waals surface area contributed by atoms with Gasteiger partial charge in [-0.2, -0.15) is 5.10 Å². The third-order valence-electron chi connectivity index (χ3n) is 5.12. The van der Waals surface area contributed by atoms with Crippen molar-refractivity contribution in [2.24, 2.45) is 18.9 Å². The second kappa shape index (κ2) is 8.43. The number of amides is 2. The Balaban J connectivity index is 1.32. The van der Waals surface area contributed by atoms with Crippen LogP contribution in [0.25, 0.3) is 0 Å². The monoisotopic (exact) mass is 418 g/mol. The average molecular weight is 418 g/mol. The van der Waals surface area contributed by atoms with Crippen LogP contribution in [0.4, 0.5) is 11.4 Å². The van der Waals surface area contributed by atoms with Crippen molar-refractivity contribution in [1.82, 2.24) is 9.78 Å². The number of hydrogen-bond donors (Lipinski definition) is 2. The molecule has 31 heavy (non-hydrogen) atoms. The molecule has 1 aromatic heterocycles. The van der Waals surface area contributed by atoms with Gasteiger partial charge in [0.05, 0.1) is 17.3 Å². The highest BCUT2D eigenvalue weighted by Gasteiger charge is 2.39. The summed E-state index contributed by atoms with van der Waals surface area (Å²) in [5.41, 5.74) is 2.03. The first-order valence-corrected chi connectivity index (χ1v) is 9.92. The van der Waals surface area contributed by atoms with Crippen LogP contribution < -0.4 is 15.4 Å². The Morgan fingerprint density at radius 2 is 1.58 bits per heavy atom. The minimum atomic E-state index is -0.513. The standard InChI is InChI=1S/C23H22N4O4/c1-14-11-20(14)22(29)26-17-5-3-15(4-6-17)23(30)31-19-9-7-18(8-10-19)25-21(28)16-12-24-27(2)13-16/h3-10,12-14,20H,11H2,1-2H3,(H,25,28)(H,26,29). The molecule has 1 aliphatic rings. The van der Waals surface area contributed by atoms with Gasteiger partial charge in [-0.15, -0.1) is 0 Å². The molecule has 3 aromatic rings. The molecule has 8 heteroatoms. The van der Waals surface area contributed by atoms with Crippen LogP contribution in [0.3, 0.4) is 0 Å². The summed E-state index contributed by atoms with van der Waals surface area (Å²) in [6, 6.07) is 13.1. The predicted molar refractivity (Wildman–Crippen MR) is 115 cm³/mol. The third kappa shape index (κ3) is 4.98. The Hall–Kier alpha value is -3.94. The SMILES string of the molecule is CC1CC1C(=O)Nc1ccc(C(=O)Oc2ccc(NC(=O)c3cnn(C)c3)cc2)cc1. The molecule has 4 rings (SSSR count). The summed E-state index contributed by atoms with van der Waals surface area (Å²) >= 11 is 0. The van der Waals surface area contributed by atoms with Crippen LogP contribution in [0, 0.1) is 11.8 Å². The highest BCUT2D eigenvalue weighted by molar-refractivity contribution is 6.04. The maximum absolute atomic E-state index is 12.4. The summed E-state index contributed by atoms with van der Waals surface area (Å²) in [5, 5.41) is 9.57. The molecule has 0 radical (unpaired) electrons. The molecule has 0 aliphatic heterocycles. The second-order valence-electron chi connectivity index (χ2n) is 7.66. The summed E-state index contributed by atoms with van der Waals surface area (Å²) in [6.07, 6.45) is 4.02. The molecule has 2 aromatic carbocycles. The van der Waals surface area contributed by atoms with E-state index in [0.717, 1.165) is 6.42 Å². The molecule has 0 saturated heterocycles. The fourth-order valence-corrected chi connectivity index (χ4v) is 3.13. The molecule has 2 atom stereocenters. The van der Waals surface area contributed by atoms with E-state index in [1.54, 1.807) is 66.5 Å². The molecule has 1 fully saturated rings. The Morgan fingerprint density at radius 3 is 2.16 bits per heavy atom. The maximum atomic E-state index is 12.4. The molecule has 158 valence electrons. The number of hydrogen-bond acceptors (Lipinski definition) is 5. The van der Waals surface area contributed by atoms with Crippen molar-refractivity contribution in [1.29, 1.82) is 0 Å². The minimum Gasteiger partial charge on any atom is -0.423 e. The Morgan fingerprint density at radius 1 is 0.968 bits per heavy atom. The van der Waals surface area contributed by atoms with Crippen LogP contribution >= 0.6 is 0 Å². The number of carbonyl (C=O) groups excluding carboxylic acids is 3. The number of rotatable bonds is 6. The molecule has 0 bridgehead atoms. The topological polar surface area (TPSA) is 102 Å². The molecular formula is C23H22N4O4. The zero-order valence-electron chi connectivity index (χ0n) is 17.2. The van der Waals surface area contributed by atoms with E-state index in [1.807, 2.05) is 6.92 Å². The first-order valence-electron chi connectivity index (χ1n) is 9.92. The van der Waals surface area contributed by atoms with Crippen molar-refractivity contribution in [3.05, 3.63) is 72.1 Å². The van der Waals surface area contributed by atoms with E-state index in [-0.39, 0.29) is 17.7 Å². The lowest BCUT2D eigenvalue weighted by atomic mass is 10.2. The van der Waals surface area contributed by atoms with E-state index in [1.165, 1.54) is 6.20 Å². The maximum Gasteiger partial charge on any atom is 0.343 e. The van der Waals surface area contributed by atoms with Crippen molar-refractivity contribution in [2.45, 2.75) is 13.3 Å². The summed E-state index contributed by atoms with van der Waals surface area (Å²) in [4.78, 5) is 36.5. The number of carbonyl (C=O) groups is 3. The molecule has 1 aliphatic carbocycles. The lowest BCUT2D eigenvalue weighted by molar-refractivity contribution is -0.117. The summed E-state index contributed by atoms with van der Waals surface area (Å²) in [6.45, 7) is 2.05. The third-order valence-corrected chi connectivity index (χ3v) is 5.12. The Kier molecular flexibility index (Phi) is 5.53. The van der Waals surface area contributed by atoms with E-state index in [2.05, 4.69) is 15.7 Å². The smallest absolute Gasteiger partial charge is 0.343 e. The summed E-state index contributed by atoms with van der Waals surface area (Å²) in [5.74, 6) is 0.0936. The van der Waals surface area contributed by atoms with Crippen LogP contribution in [0.15, 0.2) is 60.9 Å². The van der Waals surface area contributed by atoms with Gasteiger partial charge in [-0.05, 0) is 60.9 Å². The molecule has 1 saturated carbocycles. The summed E-state index contributed by atoms with van der Waals surface area (Å²) in [7, 11) is 1.73. The Bertz CT molecular complexity index is 1120. The van der Waals surface area contributed by atoms with Gasteiger partial charge < -0.3 is 15.4 Å². The number of esters is 1. The van der Waals surface area contributed by atoms with Crippen LogP contribution in [-0.2, 0) is 11.8 Å². The van der Waals surface area contributed by atoms with Gasteiger partial charge in [0.2, 0.25) is 5.91 Å². The fraction of sp³-hybridized carbons (Fsp3) is 0.217. The van der Waals surface area contributed by atoms with Gasteiger partial charge in [-0.1, -0.05) is 6.92 Å². The van der Waals surface area contributed by atoms with Crippen molar-refractivity contribution in [3.8, 4) is 5.75 Å². The predicted octanol–water partition coefficient (Wildman–Crippen LogP) is 3.49. The lowest BCUT2D eigenvalue weighted by Crippen LogP contribution is -2.14. The first kappa shape index (κ1) is 20.3. The van der Waals surface area contributed by atoms with Crippen molar-refractivity contribution < 1.29 is 19.1 Å². The highest BCUT2D eigenvalue weighted by Crippen LogP contribution is 2.38. The number of nitrogens with one attached hydrogen (secondary N) is 2. The van der Waals surface area contributed by atoms with Gasteiger partial charge in [-0.25, -0.2) is 4.79 Å². The fourth-order valence-electron chi connectivity index (χ4n) is 3.13. The molecule has 1 heterocycles. The Labute approximate surface area is 179 Å². The number of aryl methyl sites for hydroxylation is 1. The van der Waals surface area contributed by atoms with Crippen molar-refractivity contribution in [2.75, 3.05) is 10.6 Å². The number of anilines is 2. The molecule has 2 N–H and O–H groups in total. The van der Waals surface area contributed by atoms with Crippen LogP contribution in [0.1, 0.15) is 34.1 Å². The molecule has 0 spiro atoms. The van der Waals surface area contributed by atoms with E-state index in [4.69, 9.17) is 4.74 Å². The van der Waals surface area contributed by atoms with Crippen LogP contribution in [-0.4, -0.2) is 27.6 Å². The molecule has 2 unspecified atom stereocenters. The van der Waals surface area contributed by atoms with Gasteiger partial charge in [0, 0.05) is 30.5 Å². The number of aromatic nitrogens is 2. The van der Waals surface area contributed by atoms with Gasteiger partial charge in [0.1, 0.15) is 5.75 Å². The van der Waals surface area contributed by atoms with Gasteiger partial charge in [0.25, 0.3) is 5.91 Å². The second-order valence-corrected chi connectivity index (χ2v) is 7.66. The van der Waals surface area contributed by atoms with Gasteiger partial charge >= 0.3 is 5.97 Å². The summed E-state index contributed by atoms with van der Waals surface area (Å²) < 4.78 is 6.93. The first-order chi connectivity index (χ1) is 14.9. The van der Waals surface area contributed by atoms with E-state index < -0.39 is 5.97 Å². The zero-order chi connectivity index (χ0) is 22.0. The average Bonchev–Trinajstić information content (AvgIpc) is 3.33. The van der Waals surface area contributed by atoms with Gasteiger partial charge in [-0.3, -0.25) is 14.3 Å². The molecular weight excluding hydrogens is 396 g/mol. The van der Waals surface area contributed by atoms with Crippen LogP contribution in [0.2, 0.25) is 0 Å². The minimum absolute atomic E-state index is 0.0125. The number of benzene rings is 2. The normalized spacial score (nSPS) is 17.0. The van der Waals surface area contributed by atoms with E-state index >= 15 is 0 Å². The quantitative estimate of drug-likeness (QED) is 0.471. The molecule has 2 amide bonds. The van der Waals surface area contributed by atoms with E-state index in [9.17, 15) is 14.4 Å². The van der Waals surface area contributed by atoms with Gasteiger partial charge in [0.15, 0.2) is 0 Å². The van der Waals surface area contributed by atoms with E-state index in [0.29, 0.717) is 34.2 Å². The number of nitrogens with zero attached hydrogens (tertiary/aromatic N) is 2. The highest BCUT2D eigenvalue weighted by atomic mass is 16.5. The van der Waals surface area contributed by atoms with Crippen LogP contribution in [0.5, 0.6) is 5.75 Å². The number of ether oxygens (including phenoxy) is 1. The largest absolute Gasteiger partial charge is 0.423 e. The molecule has 8 nitrogen and oxygen atoms in total. The van der Waals surface area contributed by atoms with Crippen molar-refractivity contribution >= 4 is 29.2 Å². The van der Waals surface area contributed by atoms with Crippen molar-refractivity contribution in [3.63, 3.8) is 0 Å². The zero-order valence-corrected chi connectivity index (χ0v) is 17.2. The lowest BCUT2D eigenvalue weighted by Gasteiger charge is -2.08.